The number of nitrogens with one attached hydrogen (secondary N) is 1. The highest BCUT2D eigenvalue weighted by atomic mass is 32.2. The maximum Gasteiger partial charge on any atom is 0.416 e. The number of nitrogens with zero attached hydrogens (tertiary/aromatic N) is 1. The van der Waals surface area contributed by atoms with Gasteiger partial charge in [-0.2, -0.15) is 17.5 Å². The van der Waals surface area contributed by atoms with Crippen LogP contribution in [0.4, 0.5) is 13.2 Å². The Morgan fingerprint density at radius 2 is 1.70 bits per heavy atom. The van der Waals surface area contributed by atoms with Crippen molar-refractivity contribution in [3.63, 3.8) is 0 Å². The van der Waals surface area contributed by atoms with Gasteiger partial charge in [0.25, 0.3) is 15.9 Å². The fourth-order valence-electron chi connectivity index (χ4n) is 2.73. The molecule has 0 aliphatic carbocycles. The number of carbonyl (C=O) groups is 1. The van der Waals surface area contributed by atoms with Gasteiger partial charge in [0, 0.05) is 23.5 Å². The van der Waals surface area contributed by atoms with E-state index < -0.39 is 27.7 Å². The fraction of sp³-hybridized carbons (Fsp3) is 0.353. The zero-order valence-electron chi connectivity index (χ0n) is 14.1. The van der Waals surface area contributed by atoms with Crippen molar-refractivity contribution in [3.05, 3.63) is 52.4 Å². The molecule has 0 bridgehead atoms. The van der Waals surface area contributed by atoms with Crippen LogP contribution in [0.1, 0.15) is 33.6 Å². The Balaban J connectivity index is 1.62. The van der Waals surface area contributed by atoms with Gasteiger partial charge in [0.05, 0.1) is 12.1 Å². The summed E-state index contributed by atoms with van der Waals surface area (Å²) in [6.07, 6.45) is -2.76. The van der Waals surface area contributed by atoms with E-state index >= 15 is 0 Å². The van der Waals surface area contributed by atoms with Crippen LogP contribution in [0, 0.1) is 0 Å². The zero-order valence-corrected chi connectivity index (χ0v) is 15.8. The molecular formula is C17H17F3N2O3S2. The van der Waals surface area contributed by atoms with E-state index in [1.807, 2.05) is 0 Å². The molecule has 1 aromatic heterocycles. The number of carbonyl (C=O) groups excluding carboxylic acids is 1. The number of amides is 1. The molecule has 10 heteroatoms. The van der Waals surface area contributed by atoms with Gasteiger partial charge in [0.2, 0.25) is 0 Å². The lowest BCUT2D eigenvalue weighted by atomic mass is 10.1. The summed E-state index contributed by atoms with van der Waals surface area (Å²) in [5.41, 5.74) is -0.724. The van der Waals surface area contributed by atoms with Gasteiger partial charge in [-0.05, 0) is 49.2 Å². The first-order chi connectivity index (χ1) is 12.7. The molecule has 0 spiro atoms. The summed E-state index contributed by atoms with van der Waals surface area (Å²) in [5.74, 6) is -0.527. The number of hydrogen-bond acceptors (Lipinski definition) is 4. The third-order valence-electron chi connectivity index (χ3n) is 4.19. The van der Waals surface area contributed by atoms with Crippen LogP contribution in [0.5, 0.6) is 0 Å². The van der Waals surface area contributed by atoms with Crippen LogP contribution in [-0.4, -0.2) is 31.7 Å². The lowest BCUT2D eigenvalue weighted by molar-refractivity contribution is -0.137. The van der Waals surface area contributed by atoms with Gasteiger partial charge in [0.1, 0.15) is 4.21 Å². The highest BCUT2D eigenvalue weighted by molar-refractivity contribution is 7.91. The predicted octanol–water partition coefficient (Wildman–Crippen LogP) is 3.48. The van der Waals surface area contributed by atoms with Crippen molar-refractivity contribution in [3.8, 4) is 0 Å². The molecule has 1 amide bonds. The van der Waals surface area contributed by atoms with Crippen molar-refractivity contribution in [1.82, 2.24) is 9.62 Å². The molecule has 1 fully saturated rings. The minimum atomic E-state index is -4.46. The number of alkyl halides is 3. The summed E-state index contributed by atoms with van der Waals surface area (Å²) in [6.45, 7) is 1.13. The second kappa shape index (κ2) is 7.61. The first-order valence-electron chi connectivity index (χ1n) is 8.22. The molecular weight excluding hydrogens is 401 g/mol. The average molecular weight is 418 g/mol. The number of benzene rings is 1. The average Bonchev–Trinajstić information content (AvgIpc) is 3.31. The number of halogens is 3. The van der Waals surface area contributed by atoms with E-state index in [-0.39, 0.29) is 16.3 Å². The molecule has 5 nitrogen and oxygen atoms in total. The van der Waals surface area contributed by atoms with Crippen molar-refractivity contribution in [2.75, 3.05) is 13.1 Å². The van der Waals surface area contributed by atoms with E-state index in [0.29, 0.717) is 18.0 Å². The van der Waals surface area contributed by atoms with Crippen LogP contribution in [0.2, 0.25) is 0 Å². The Kier molecular flexibility index (Phi) is 5.59. The molecule has 0 saturated carbocycles. The van der Waals surface area contributed by atoms with Gasteiger partial charge in [-0.15, -0.1) is 11.3 Å². The fourth-order valence-corrected chi connectivity index (χ4v) is 5.69. The van der Waals surface area contributed by atoms with Crippen LogP contribution >= 0.6 is 11.3 Å². The largest absolute Gasteiger partial charge is 0.416 e. The Morgan fingerprint density at radius 1 is 1.07 bits per heavy atom. The van der Waals surface area contributed by atoms with E-state index in [1.54, 1.807) is 6.07 Å². The molecule has 1 saturated heterocycles. The van der Waals surface area contributed by atoms with Crippen molar-refractivity contribution in [2.45, 2.75) is 29.8 Å². The van der Waals surface area contributed by atoms with Crippen molar-refractivity contribution < 1.29 is 26.4 Å². The molecule has 1 N–H and O–H groups in total. The molecule has 1 aliphatic heterocycles. The number of thiophene rings is 1. The molecule has 27 heavy (non-hydrogen) atoms. The first-order valence-corrected chi connectivity index (χ1v) is 10.5. The van der Waals surface area contributed by atoms with Crippen molar-refractivity contribution >= 4 is 27.3 Å². The lowest BCUT2D eigenvalue weighted by Gasteiger charge is -2.13. The zero-order chi connectivity index (χ0) is 19.7. The minimum absolute atomic E-state index is 0.0973. The van der Waals surface area contributed by atoms with Crippen LogP contribution in [-0.2, 0) is 22.7 Å². The molecule has 0 radical (unpaired) electrons. The maximum absolute atomic E-state index is 12.5. The molecule has 146 valence electrons. The highest BCUT2D eigenvalue weighted by Gasteiger charge is 2.30. The molecule has 1 aliphatic rings. The van der Waals surface area contributed by atoms with Crippen LogP contribution in [0.3, 0.4) is 0 Å². The summed E-state index contributed by atoms with van der Waals surface area (Å²) in [7, 11) is -3.49. The maximum atomic E-state index is 12.5. The highest BCUT2D eigenvalue weighted by Crippen LogP contribution is 2.29. The third-order valence-corrected chi connectivity index (χ3v) is 7.65. The quantitative estimate of drug-likeness (QED) is 0.809. The Bertz CT molecular complexity index is 916. The lowest BCUT2D eigenvalue weighted by Crippen LogP contribution is -2.27. The second-order valence-corrected chi connectivity index (χ2v) is 9.42. The van der Waals surface area contributed by atoms with Gasteiger partial charge >= 0.3 is 6.18 Å². The van der Waals surface area contributed by atoms with Gasteiger partial charge in [-0.1, -0.05) is 0 Å². The van der Waals surface area contributed by atoms with Crippen LogP contribution in [0.25, 0.3) is 0 Å². The summed E-state index contributed by atoms with van der Waals surface area (Å²) < 4.78 is 64.3. The summed E-state index contributed by atoms with van der Waals surface area (Å²) in [6, 6.07) is 7.05. The number of hydrogen-bond donors (Lipinski definition) is 1. The Labute approximate surface area is 158 Å². The normalized spacial score (nSPS) is 15.8. The van der Waals surface area contributed by atoms with E-state index in [9.17, 15) is 26.4 Å². The molecule has 0 unspecified atom stereocenters. The van der Waals surface area contributed by atoms with Crippen LogP contribution < -0.4 is 5.32 Å². The standard InChI is InChI=1S/C17H17F3N2O3S2/c18-17(19,20)13-5-3-12(4-6-13)16(23)21-11-14-7-8-15(26-14)27(24,25)22-9-1-2-10-22/h3-8H,1-2,9-11H2,(H,21,23). The summed E-state index contributed by atoms with van der Waals surface area (Å²) in [5, 5.41) is 2.59. The van der Waals surface area contributed by atoms with E-state index in [4.69, 9.17) is 0 Å². The monoisotopic (exact) mass is 418 g/mol. The van der Waals surface area contributed by atoms with Crippen molar-refractivity contribution in [1.29, 1.82) is 0 Å². The first kappa shape index (κ1) is 19.8. The van der Waals surface area contributed by atoms with Gasteiger partial charge in [0.15, 0.2) is 0 Å². The minimum Gasteiger partial charge on any atom is -0.347 e. The Hall–Kier alpha value is -1.91. The second-order valence-electron chi connectivity index (χ2n) is 6.09. The molecule has 2 aromatic rings. The number of rotatable bonds is 5. The van der Waals surface area contributed by atoms with Gasteiger partial charge in [-0.3, -0.25) is 4.79 Å². The molecule has 3 rings (SSSR count). The van der Waals surface area contributed by atoms with Crippen LogP contribution in [0.15, 0.2) is 40.6 Å². The predicted molar refractivity (Wildman–Crippen MR) is 94.9 cm³/mol. The molecule has 1 aromatic carbocycles. The summed E-state index contributed by atoms with van der Waals surface area (Å²) >= 11 is 1.08. The Morgan fingerprint density at radius 3 is 2.30 bits per heavy atom. The summed E-state index contributed by atoms with van der Waals surface area (Å²) in [4.78, 5) is 12.7. The van der Waals surface area contributed by atoms with E-state index in [0.717, 1.165) is 48.4 Å². The van der Waals surface area contributed by atoms with Gasteiger partial charge < -0.3 is 5.32 Å². The van der Waals surface area contributed by atoms with Gasteiger partial charge in [-0.25, -0.2) is 8.42 Å². The SMILES string of the molecule is O=C(NCc1ccc(S(=O)(=O)N2CCCC2)s1)c1ccc(C(F)(F)F)cc1. The smallest absolute Gasteiger partial charge is 0.347 e. The van der Waals surface area contributed by atoms with E-state index in [2.05, 4.69) is 5.32 Å². The molecule has 0 atom stereocenters. The van der Waals surface area contributed by atoms with Crippen molar-refractivity contribution in [2.24, 2.45) is 0 Å². The number of sulfonamides is 1. The topological polar surface area (TPSA) is 66.5 Å². The molecule has 2 heterocycles. The third kappa shape index (κ3) is 4.50. The van der Waals surface area contributed by atoms with E-state index in [1.165, 1.54) is 10.4 Å².